The van der Waals surface area contributed by atoms with Crippen LogP contribution in [0.15, 0.2) is 36.5 Å². The molecule has 1 rings (SSSR count). The van der Waals surface area contributed by atoms with Gasteiger partial charge >= 0.3 is 0 Å². The zero-order chi connectivity index (χ0) is 41.6. The molecule has 1 fully saturated rings. The number of carbonyl (C=O) groups is 1. The summed E-state index contributed by atoms with van der Waals surface area (Å²) in [5.41, 5.74) is 0. The first kappa shape index (κ1) is 53.4. The molecule has 0 aromatic heterocycles. The normalized spacial score (nSPS) is 21.3. The van der Waals surface area contributed by atoms with Crippen LogP contribution in [0.5, 0.6) is 0 Å². The Labute approximate surface area is 349 Å². The molecule has 334 valence electrons. The van der Waals surface area contributed by atoms with Gasteiger partial charge in [-0.15, -0.1) is 0 Å². The van der Waals surface area contributed by atoms with Crippen LogP contribution in [-0.4, -0.2) is 87.5 Å². The van der Waals surface area contributed by atoms with Crippen molar-refractivity contribution in [2.75, 3.05) is 13.2 Å². The van der Waals surface area contributed by atoms with Crippen molar-refractivity contribution in [3.8, 4) is 0 Å². The number of nitrogens with one attached hydrogen (secondary N) is 1. The molecule has 7 atom stereocenters. The Balaban J connectivity index is 2.33. The van der Waals surface area contributed by atoms with Crippen molar-refractivity contribution >= 4 is 5.91 Å². The number of aliphatic hydroxyl groups excluding tert-OH is 5. The Hall–Kier alpha value is -1.59. The van der Waals surface area contributed by atoms with Gasteiger partial charge in [-0.1, -0.05) is 192 Å². The number of ether oxygens (including phenoxy) is 2. The van der Waals surface area contributed by atoms with E-state index in [-0.39, 0.29) is 12.5 Å². The van der Waals surface area contributed by atoms with Gasteiger partial charge in [0.15, 0.2) is 6.29 Å². The van der Waals surface area contributed by atoms with Gasteiger partial charge in [-0.05, 0) is 44.9 Å². The number of amides is 1. The van der Waals surface area contributed by atoms with E-state index < -0.39 is 49.5 Å². The van der Waals surface area contributed by atoms with Crippen LogP contribution in [0, 0.1) is 0 Å². The summed E-state index contributed by atoms with van der Waals surface area (Å²) in [7, 11) is 0. The van der Waals surface area contributed by atoms with Gasteiger partial charge in [0.25, 0.3) is 0 Å². The fraction of sp³-hybridized carbons (Fsp3) is 0.854. The Bertz CT molecular complexity index is 987. The first-order valence-electron chi connectivity index (χ1n) is 23.7. The van der Waals surface area contributed by atoms with Crippen molar-refractivity contribution in [3.05, 3.63) is 36.5 Å². The highest BCUT2D eigenvalue weighted by molar-refractivity contribution is 5.76. The van der Waals surface area contributed by atoms with Crippen LogP contribution in [0.3, 0.4) is 0 Å². The SMILES string of the molecule is CCCCCC/C=C/CC/C=C/CC/C=C/C(O)C(COC1OC(CO)C(O)C(O)C1O)NC(=O)CCCCCCCCCCCCCCCCCCCCCC. The van der Waals surface area contributed by atoms with Gasteiger partial charge < -0.3 is 40.3 Å². The van der Waals surface area contributed by atoms with Crippen LogP contribution in [0.2, 0.25) is 0 Å². The molecule has 7 unspecified atom stereocenters. The Kier molecular flexibility index (Phi) is 36.2. The Morgan fingerprint density at radius 1 is 0.579 bits per heavy atom. The molecule has 0 spiro atoms. The van der Waals surface area contributed by atoms with E-state index in [0.717, 1.165) is 51.4 Å². The van der Waals surface area contributed by atoms with Crippen LogP contribution >= 0.6 is 0 Å². The number of aliphatic hydroxyl groups is 5. The van der Waals surface area contributed by atoms with Crippen molar-refractivity contribution in [3.63, 3.8) is 0 Å². The average molecular weight is 808 g/mol. The van der Waals surface area contributed by atoms with E-state index in [2.05, 4.69) is 43.5 Å². The molecule has 1 aliphatic heterocycles. The minimum absolute atomic E-state index is 0.190. The molecule has 0 aliphatic carbocycles. The molecule has 0 radical (unpaired) electrons. The largest absolute Gasteiger partial charge is 0.394 e. The molecule has 6 N–H and O–H groups in total. The lowest BCUT2D eigenvalue weighted by molar-refractivity contribution is -0.302. The van der Waals surface area contributed by atoms with Crippen LogP contribution < -0.4 is 5.32 Å². The molecule has 0 saturated carbocycles. The van der Waals surface area contributed by atoms with Crippen LogP contribution in [0.1, 0.15) is 206 Å². The second-order valence-corrected chi connectivity index (χ2v) is 16.5. The van der Waals surface area contributed by atoms with Gasteiger partial charge in [-0.2, -0.15) is 0 Å². The maximum absolute atomic E-state index is 13.0. The van der Waals surface area contributed by atoms with Gasteiger partial charge in [0.2, 0.25) is 5.91 Å². The zero-order valence-corrected chi connectivity index (χ0v) is 36.6. The lowest BCUT2D eigenvalue weighted by atomic mass is 9.99. The molecule has 0 aromatic rings. The Morgan fingerprint density at radius 2 is 1.00 bits per heavy atom. The third-order valence-electron chi connectivity index (χ3n) is 11.2. The smallest absolute Gasteiger partial charge is 0.220 e. The standard InChI is InChI=1S/C48H89NO8/c1-3-5-7-9-11-13-15-17-19-20-21-22-23-24-26-28-30-32-34-36-38-44(52)49-41(40-56-48-47(55)46(54)45(53)43(39-50)57-48)42(51)37-35-33-31-29-27-25-18-16-14-12-10-8-6-4-2/h14,16,27,29,35,37,41-43,45-48,50-51,53-55H,3-13,15,17-26,28,30-34,36,38-40H2,1-2H3,(H,49,52)/b16-14+,29-27+,37-35+. The summed E-state index contributed by atoms with van der Waals surface area (Å²) in [4.78, 5) is 13.0. The molecule has 57 heavy (non-hydrogen) atoms. The third kappa shape index (κ3) is 29.3. The molecular formula is C48H89NO8. The number of unbranched alkanes of at least 4 members (excludes halogenated alkanes) is 25. The summed E-state index contributed by atoms with van der Waals surface area (Å²) in [5, 5.41) is 54.1. The summed E-state index contributed by atoms with van der Waals surface area (Å²) in [6.07, 6.45) is 40.5. The maximum Gasteiger partial charge on any atom is 0.220 e. The first-order chi connectivity index (χ1) is 27.8. The number of allylic oxidation sites excluding steroid dienone is 5. The van der Waals surface area contributed by atoms with Gasteiger partial charge in [0.1, 0.15) is 24.4 Å². The van der Waals surface area contributed by atoms with Gasteiger partial charge in [-0.25, -0.2) is 0 Å². The average Bonchev–Trinajstić information content (AvgIpc) is 3.21. The quantitative estimate of drug-likeness (QED) is 0.0266. The summed E-state index contributed by atoms with van der Waals surface area (Å²) in [6.45, 7) is 3.73. The molecular weight excluding hydrogens is 719 g/mol. The molecule has 1 aliphatic rings. The van der Waals surface area contributed by atoms with E-state index in [1.165, 1.54) is 135 Å². The number of carbonyl (C=O) groups excluding carboxylic acids is 1. The fourth-order valence-corrected chi connectivity index (χ4v) is 7.36. The zero-order valence-electron chi connectivity index (χ0n) is 36.6. The van der Waals surface area contributed by atoms with Crippen LogP contribution in [0.4, 0.5) is 0 Å². The minimum Gasteiger partial charge on any atom is -0.394 e. The van der Waals surface area contributed by atoms with Crippen LogP contribution in [0.25, 0.3) is 0 Å². The lowest BCUT2D eigenvalue weighted by Gasteiger charge is -2.40. The monoisotopic (exact) mass is 808 g/mol. The van der Waals surface area contributed by atoms with Crippen molar-refractivity contribution < 1.29 is 39.8 Å². The minimum atomic E-state index is -1.57. The second-order valence-electron chi connectivity index (χ2n) is 16.5. The Morgan fingerprint density at radius 3 is 1.47 bits per heavy atom. The topological polar surface area (TPSA) is 149 Å². The molecule has 1 amide bonds. The summed E-state index contributed by atoms with van der Waals surface area (Å²) >= 11 is 0. The molecule has 9 nitrogen and oxygen atoms in total. The number of hydrogen-bond acceptors (Lipinski definition) is 8. The first-order valence-corrected chi connectivity index (χ1v) is 23.7. The predicted molar refractivity (Wildman–Crippen MR) is 235 cm³/mol. The van der Waals surface area contributed by atoms with Crippen molar-refractivity contribution in [1.29, 1.82) is 0 Å². The summed E-state index contributed by atoms with van der Waals surface area (Å²) < 4.78 is 11.2. The van der Waals surface area contributed by atoms with E-state index >= 15 is 0 Å². The molecule has 0 bridgehead atoms. The highest BCUT2D eigenvalue weighted by Crippen LogP contribution is 2.22. The lowest BCUT2D eigenvalue weighted by Crippen LogP contribution is -2.60. The van der Waals surface area contributed by atoms with Crippen molar-refractivity contribution in [2.24, 2.45) is 0 Å². The second kappa shape index (κ2) is 38.6. The van der Waals surface area contributed by atoms with E-state index in [1.807, 2.05) is 6.08 Å². The molecule has 9 heteroatoms. The number of rotatable bonds is 39. The van der Waals surface area contributed by atoms with Gasteiger partial charge in [0, 0.05) is 6.42 Å². The van der Waals surface area contributed by atoms with Crippen molar-refractivity contribution in [1.82, 2.24) is 5.32 Å². The summed E-state index contributed by atoms with van der Waals surface area (Å²) in [5.74, 6) is -0.190. The molecule has 0 aromatic carbocycles. The molecule has 1 saturated heterocycles. The summed E-state index contributed by atoms with van der Waals surface area (Å²) in [6, 6.07) is -0.824. The predicted octanol–water partition coefficient (Wildman–Crippen LogP) is 10.1. The van der Waals surface area contributed by atoms with Crippen LogP contribution in [-0.2, 0) is 14.3 Å². The van der Waals surface area contributed by atoms with E-state index in [0.29, 0.717) is 6.42 Å². The van der Waals surface area contributed by atoms with E-state index in [1.54, 1.807) is 6.08 Å². The van der Waals surface area contributed by atoms with Crippen molar-refractivity contribution in [2.45, 2.75) is 249 Å². The maximum atomic E-state index is 13.0. The van der Waals surface area contributed by atoms with Gasteiger partial charge in [0.05, 0.1) is 25.4 Å². The number of hydrogen-bond donors (Lipinski definition) is 6. The van der Waals surface area contributed by atoms with E-state index in [4.69, 9.17) is 9.47 Å². The highest BCUT2D eigenvalue weighted by Gasteiger charge is 2.44. The molecule has 1 heterocycles. The van der Waals surface area contributed by atoms with E-state index in [9.17, 15) is 30.3 Å². The third-order valence-corrected chi connectivity index (χ3v) is 11.2. The van der Waals surface area contributed by atoms with Gasteiger partial charge in [-0.3, -0.25) is 4.79 Å². The highest BCUT2D eigenvalue weighted by atomic mass is 16.7. The fourth-order valence-electron chi connectivity index (χ4n) is 7.36.